The van der Waals surface area contributed by atoms with Gasteiger partial charge in [-0.1, -0.05) is 0 Å². The van der Waals surface area contributed by atoms with Gasteiger partial charge in [0.1, 0.15) is 0 Å². The maximum absolute atomic E-state index is 11.5. The van der Waals surface area contributed by atoms with Gasteiger partial charge in [-0.05, 0) is 19.8 Å². The van der Waals surface area contributed by atoms with Gasteiger partial charge >= 0.3 is 5.97 Å². The Bertz CT molecular complexity index is 258. The molecule has 16 heavy (non-hydrogen) atoms. The molecule has 0 bridgehead atoms. The lowest BCUT2D eigenvalue weighted by atomic mass is 9.98. The van der Waals surface area contributed by atoms with Crippen molar-refractivity contribution in [3.63, 3.8) is 0 Å². The second kappa shape index (κ2) is 7.70. The lowest BCUT2D eigenvalue weighted by molar-refractivity contribution is -0.149. The van der Waals surface area contributed by atoms with Gasteiger partial charge in [-0.25, -0.2) is 0 Å². The number of piperidine rings is 1. The molecule has 94 valence electrons. The van der Waals surface area contributed by atoms with Crippen LogP contribution >= 0.6 is 24.0 Å². The van der Waals surface area contributed by atoms with Crippen molar-refractivity contribution >= 4 is 35.9 Å². The molecule has 0 radical (unpaired) electrons. The molecule has 1 unspecified atom stereocenters. The van der Waals surface area contributed by atoms with E-state index in [1.807, 2.05) is 11.8 Å². The van der Waals surface area contributed by atoms with E-state index < -0.39 is 0 Å². The Morgan fingerprint density at radius 1 is 1.62 bits per heavy atom. The van der Waals surface area contributed by atoms with Crippen molar-refractivity contribution in [2.75, 3.05) is 26.7 Å². The number of ether oxygens (including phenoxy) is 1. The number of hydrogen-bond donors (Lipinski definition) is 1. The third-order valence-electron chi connectivity index (χ3n) is 2.59. The average molecular weight is 341 g/mol. The Hall–Kier alpha value is -0.530. The van der Waals surface area contributed by atoms with Crippen molar-refractivity contribution in [1.29, 1.82) is 0 Å². The van der Waals surface area contributed by atoms with Crippen molar-refractivity contribution in [2.45, 2.75) is 19.8 Å². The van der Waals surface area contributed by atoms with E-state index in [1.165, 1.54) is 0 Å². The maximum Gasteiger partial charge on any atom is 0.310 e. The highest BCUT2D eigenvalue weighted by Crippen LogP contribution is 2.17. The number of nitrogens with zero attached hydrogens (tertiary/aromatic N) is 2. The molecule has 1 atom stereocenters. The molecule has 1 saturated heterocycles. The minimum atomic E-state index is -0.119. The number of guanidine groups is 1. The number of likely N-dealkylation sites (tertiary alicyclic amines) is 1. The third kappa shape index (κ3) is 4.15. The lowest BCUT2D eigenvalue weighted by Crippen LogP contribution is -2.46. The number of rotatable bonds is 2. The maximum atomic E-state index is 11.5. The molecule has 0 aromatic heterocycles. The van der Waals surface area contributed by atoms with Crippen molar-refractivity contribution in [1.82, 2.24) is 4.90 Å². The zero-order valence-corrected chi connectivity index (χ0v) is 12.1. The van der Waals surface area contributed by atoms with Crippen molar-refractivity contribution in [3.8, 4) is 0 Å². The number of aliphatic imine (C=N–C) groups is 1. The van der Waals surface area contributed by atoms with E-state index in [0.29, 0.717) is 19.1 Å². The summed E-state index contributed by atoms with van der Waals surface area (Å²) in [6.07, 6.45) is 1.84. The highest BCUT2D eigenvalue weighted by molar-refractivity contribution is 14.0. The summed E-state index contributed by atoms with van der Waals surface area (Å²) in [5.41, 5.74) is 5.71. The van der Waals surface area contributed by atoms with Gasteiger partial charge in [-0.3, -0.25) is 9.79 Å². The molecule has 0 aliphatic carbocycles. The standard InChI is InChI=1S/C10H19N3O2.HI/c1-3-15-9(14)8-5-4-6-13(7-8)10(11)12-2;/h8H,3-7H2,1-2H3,(H2,11,12);1H. The van der Waals surface area contributed by atoms with E-state index >= 15 is 0 Å². The Morgan fingerprint density at radius 2 is 2.31 bits per heavy atom. The highest BCUT2D eigenvalue weighted by Gasteiger charge is 2.27. The molecule has 0 aromatic rings. The predicted molar refractivity (Wildman–Crippen MR) is 73.9 cm³/mol. The van der Waals surface area contributed by atoms with Crippen LogP contribution in [0.15, 0.2) is 4.99 Å². The molecule has 1 rings (SSSR count). The summed E-state index contributed by atoms with van der Waals surface area (Å²) in [7, 11) is 1.66. The molecule has 0 saturated carbocycles. The van der Waals surface area contributed by atoms with Crippen LogP contribution in [0.25, 0.3) is 0 Å². The van der Waals surface area contributed by atoms with Gasteiger partial charge in [0.2, 0.25) is 0 Å². The SMILES string of the molecule is CCOC(=O)C1CCCN(C(N)=NC)C1.I. The summed E-state index contributed by atoms with van der Waals surface area (Å²) >= 11 is 0. The first kappa shape index (κ1) is 15.5. The van der Waals surface area contributed by atoms with Gasteiger partial charge < -0.3 is 15.4 Å². The van der Waals surface area contributed by atoms with Gasteiger partial charge in [0.05, 0.1) is 12.5 Å². The van der Waals surface area contributed by atoms with Crippen molar-refractivity contribution in [3.05, 3.63) is 0 Å². The van der Waals surface area contributed by atoms with E-state index in [-0.39, 0.29) is 35.9 Å². The van der Waals surface area contributed by atoms with Crippen LogP contribution in [-0.2, 0) is 9.53 Å². The molecule has 1 aliphatic rings. The molecule has 0 amide bonds. The zero-order chi connectivity index (χ0) is 11.3. The predicted octanol–water partition coefficient (Wildman–Crippen LogP) is 0.824. The average Bonchev–Trinajstić information content (AvgIpc) is 2.28. The first-order valence-corrected chi connectivity index (χ1v) is 5.32. The molecular formula is C10H20IN3O2. The fourth-order valence-corrected chi connectivity index (χ4v) is 1.78. The summed E-state index contributed by atoms with van der Waals surface area (Å²) in [4.78, 5) is 17.4. The summed E-state index contributed by atoms with van der Waals surface area (Å²) in [6.45, 7) is 3.76. The van der Waals surface area contributed by atoms with E-state index in [4.69, 9.17) is 10.5 Å². The zero-order valence-electron chi connectivity index (χ0n) is 9.81. The minimum absolute atomic E-state index is 0. The van der Waals surface area contributed by atoms with Crippen LogP contribution in [0.3, 0.4) is 0 Å². The van der Waals surface area contributed by atoms with Crippen LogP contribution in [0.1, 0.15) is 19.8 Å². The van der Waals surface area contributed by atoms with Crippen LogP contribution in [0.5, 0.6) is 0 Å². The van der Waals surface area contributed by atoms with Gasteiger partial charge in [-0.2, -0.15) is 0 Å². The number of hydrogen-bond acceptors (Lipinski definition) is 3. The number of halogens is 1. The molecular weight excluding hydrogens is 321 g/mol. The molecule has 2 N–H and O–H groups in total. The van der Waals surface area contributed by atoms with Crippen molar-refractivity contribution < 1.29 is 9.53 Å². The fourth-order valence-electron chi connectivity index (χ4n) is 1.78. The number of carbonyl (C=O) groups is 1. The van der Waals surface area contributed by atoms with E-state index in [9.17, 15) is 4.79 Å². The molecule has 5 nitrogen and oxygen atoms in total. The molecule has 0 aromatic carbocycles. The Kier molecular flexibility index (Phi) is 7.44. The van der Waals surface area contributed by atoms with E-state index in [0.717, 1.165) is 19.4 Å². The van der Waals surface area contributed by atoms with Crippen LogP contribution in [-0.4, -0.2) is 43.6 Å². The fraction of sp³-hybridized carbons (Fsp3) is 0.800. The Labute approximate surface area is 113 Å². The van der Waals surface area contributed by atoms with Gasteiger partial charge in [0.15, 0.2) is 5.96 Å². The summed E-state index contributed by atoms with van der Waals surface area (Å²) < 4.78 is 5.00. The largest absolute Gasteiger partial charge is 0.466 e. The first-order valence-electron chi connectivity index (χ1n) is 5.32. The van der Waals surface area contributed by atoms with Crippen LogP contribution in [0, 0.1) is 5.92 Å². The minimum Gasteiger partial charge on any atom is -0.466 e. The molecule has 6 heteroatoms. The monoisotopic (exact) mass is 341 g/mol. The smallest absolute Gasteiger partial charge is 0.310 e. The second-order valence-corrected chi connectivity index (χ2v) is 3.62. The normalized spacial score (nSPS) is 21.2. The topological polar surface area (TPSA) is 67.9 Å². The number of carbonyl (C=O) groups excluding carboxylic acids is 1. The van der Waals surface area contributed by atoms with Crippen LogP contribution in [0.2, 0.25) is 0 Å². The molecule has 1 heterocycles. The highest BCUT2D eigenvalue weighted by atomic mass is 127. The summed E-state index contributed by atoms with van der Waals surface area (Å²) in [5.74, 6) is 0.328. The quantitative estimate of drug-likeness (QED) is 0.350. The first-order chi connectivity index (χ1) is 7.19. The Balaban J connectivity index is 0.00000225. The summed E-state index contributed by atoms with van der Waals surface area (Å²) in [5, 5.41) is 0. The van der Waals surface area contributed by atoms with Gasteiger partial charge in [0, 0.05) is 20.1 Å². The molecule has 1 fully saturated rings. The van der Waals surface area contributed by atoms with E-state index in [2.05, 4.69) is 4.99 Å². The van der Waals surface area contributed by atoms with Gasteiger partial charge in [-0.15, -0.1) is 24.0 Å². The van der Waals surface area contributed by atoms with Crippen LogP contribution in [0.4, 0.5) is 0 Å². The van der Waals surface area contributed by atoms with Gasteiger partial charge in [0.25, 0.3) is 0 Å². The Morgan fingerprint density at radius 3 is 2.88 bits per heavy atom. The lowest BCUT2D eigenvalue weighted by Gasteiger charge is -2.32. The second-order valence-electron chi connectivity index (χ2n) is 3.62. The van der Waals surface area contributed by atoms with Crippen LogP contribution < -0.4 is 5.73 Å². The number of nitrogens with two attached hydrogens (primary N) is 1. The summed E-state index contributed by atoms with van der Waals surface area (Å²) in [6, 6.07) is 0. The number of esters is 1. The molecule has 0 spiro atoms. The van der Waals surface area contributed by atoms with E-state index in [1.54, 1.807) is 7.05 Å². The molecule has 1 aliphatic heterocycles. The third-order valence-corrected chi connectivity index (χ3v) is 2.59. The van der Waals surface area contributed by atoms with Crippen molar-refractivity contribution in [2.24, 2.45) is 16.6 Å².